The molecule has 0 aliphatic carbocycles. The summed E-state index contributed by atoms with van der Waals surface area (Å²) in [5, 5.41) is 6.49. The Bertz CT molecular complexity index is 3900. The van der Waals surface area contributed by atoms with Gasteiger partial charge in [0.05, 0.1) is 27.8 Å². The van der Waals surface area contributed by atoms with Crippen LogP contribution < -0.4 is 0 Å². The normalized spacial score (nSPS) is 11.8. The van der Waals surface area contributed by atoms with Gasteiger partial charge in [0.25, 0.3) is 0 Å². The van der Waals surface area contributed by atoms with E-state index in [2.05, 4.69) is 173 Å². The summed E-state index contributed by atoms with van der Waals surface area (Å²) in [4.78, 5) is 16.0. The van der Waals surface area contributed by atoms with E-state index in [4.69, 9.17) is 19.4 Å². The van der Waals surface area contributed by atoms with Gasteiger partial charge in [-0.2, -0.15) is 9.97 Å². The number of hydrogen-bond donors (Lipinski definition) is 0. The molecule has 6 heteroatoms. The molecule has 0 aliphatic rings. The van der Waals surface area contributed by atoms with Gasteiger partial charge in [-0.05, 0) is 53.1 Å². The maximum absolute atomic E-state index is 6.37. The lowest BCUT2D eigenvalue weighted by Crippen LogP contribution is -2.06. The Labute approximate surface area is 361 Å². The number of para-hydroxylation sites is 3. The van der Waals surface area contributed by atoms with Gasteiger partial charge in [0.1, 0.15) is 11.2 Å². The molecule has 0 radical (unpaired) electrons. The topological polar surface area (TPSA) is 61.7 Å². The molecular weight excluding hydrogens is 771 g/mol. The first-order chi connectivity index (χ1) is 31.3. The Balaban J connectivity index is 1.15. The molecule has 0 unspecified atom stereocenters. The first-order valence-electron chi connectivity index (χ1n) is 21.2. The Kier molecular flexibility index (Phi) is 7.80. The highest BCUT2D eigenvalue weighted by Gasteiger charge is 2.25. The minimum Gasteiger partial charge on any atom is -0.456 e. The number of hydrogen-bond acceptors (Lipinski definition) is 4. The minimum atomic E-state index is 0.537. The average molecular weight is 806 g/mol. The van der Waals surface area contributed by atoms with Crippen molar-refractivity contribution in [1.29, 1.82) is 0 Å². The SMILES string of the molecule is c1ccc(-c2ccc(-c3ccccc3)c(-n3c4ccccc4c4c3ccc3c5ccccc5n(-c5nc(-c6ccccc6)nc(-c6cccc7oc8ccccc8c67)n5)c34)c2)cc1. The van der Waals surface area contributed by atoms with E-state index in [1.165, 1.54) is 5.56 Å². The number of benzene rings is 9. The molecule has 294 valence electrons. The van der Waals surface area contributed by atoms with Crippen molar-refractivity contribution in [2.24, 2.45) is 0 Å². The summed E-state index contributed by atoms with van der Waals surface area (Å²) in [5.41, 5.74) is 13.4. The molecule has 0 atom stereocenters. The van der Waals surface area contributed by atoms with Crippen LogP contribution in [0.2, 0.25) is 0 Å². The van der Waals surface area contributed by atoms with Crippen molar-refractivity contribution in [3.8, 4) is 56.7 Å². The summed E-state index contributed by atoms with van der Waals surface area (Å²) in [6.07, 6.45) is 0. The molecule has 0 spiro atoms. The van der Waals surface area contributed by atoms with Gasteiger partial charge in [-0.25, -0.2) is 4.98 Å². The molecule has 4 heterocycles. The van der Waals surface area contributed by atoms with E-state index in [0.29, 0.717) is 17.6 Å². The highest BCUT2D eigenvalue weighted by atomic mass is 16.3. The summed E-state index contributed by atoms with van der Waals surface area (Å²) in [6.45, 7) is 0. The van der Waals surface area contributed by atoms with E-state index >= 15 is 0 Å². The molecule has 6 nitrogen and oxygen atoms in total. The zero-order valence-electron chi connectivity index (χ0n) is 33.9. The number of fused-ring (bicyclic) bond motifs is 10. The third-order valence-corrected chi connectivity index (χ3v) is 12.4. The lowest BCUT2D eigenvalue weighted by Gasteiger charge is -2.16. The molecule has 0 N–H and O–H groups in total. The third kappa shape index (κ3) is 5.48. The van der Waals surface area contributed by atoms with Gasteiger partial charge >= 0.3 is 0 Å². The first-order valence-corrected chi connectivity index (χ1v) is 21.2. The summed E-state index contributed by atoms with van der Waals surface area (Å²) in [6, 6.07) is 74.5. The fourth-order valence-corrected chi connectivity index (χ4v) is 9.63. The van der Waals surface area contributed by atoms with Gasteiger partial charge in [0.2, 0.25) is 5.95 Å². The minimum absolute atomic E-state index is 0.537. The number of rotatable bonds is 6. The van der Waals surface area contributed by atoms with Crippen LogP contribution in [0.15, 0.2) is 217 Å². The molecule has 0 aliphatic heterocycles. The monoisotopic (exact) mass is 805 g/mol. The van der Waals surface area contributed by atoms with Crippen molar-refractivity contribution in [3.05, 3.63) is 212 Å². The van der Waals surface area contributed by atoms with Gasteiger partial charge < -0.3 is 8.98 Å². The molecule has 0 bridgehead atoms. The molecule has 0 amide bonds. The van der Waals surface area contributed by atoms with E-state index in [1.54, 1.807) is 0 Å². The van der Waals surface area contributed by atoms with Crippen molar-refractivity contribution < 1.29 is 4.42 Å². The summed E-state index contributed by atoms with van der Waals surface area (Å²) in [5.74, 6) is 1.70. The number of aromatic nitrogens is 5. The van der Waals surface area contributed by atoms with Crippen molar-refractivity contribution in [2.75, 3.05) is 0 Å². The predicted octanol–water partition coefficient (Wildman–Crippen LogP) is 14.6. The zero-order valence-corrected chi connectivity index (χ0v) is 33.9. The van der Waals surface area contributed by atoms with Crippen molar-refractivity contribution in [3.63, 3.8) is 0 Å². The molecule has 4 aromatic heterocycles. The van der Waals surface area contributed by atoms with Crippen LogP contribution in [0.4, 0.5) is 0 Å². The van der Waals surface area contributed by atoms with Gasteiger partial charge in [-0.1, -0.05) is 176 Å². The third-order valence-electron chi connectivity index (χ3n) is 12.4. The van der Waals surface area contributed by atoms with Gasteiger partial charge in [0.15, 0.2) is 11.6 Å². The van der Waals surface area contributed by atoms with Crippen molar-refractivity contribution in [2.45, 2.75) is 0 Å². The highest BCUT2D eigenvalue weighted by Crippen LogP contribution is 2.44. The Hall–Kier alpha value is -8.61. The van der Waals surface area contributed by atoms with Crippen LogP contribution in [0.1, 0.15) is 0 Å². The molecule has 63 heavy (non-hydrogen) atoms. The average Bonchev–Trinajstić information content (AvgIpc) is 4.02. The molecule has 13 aromatic rings. The largest absolute Gasteiger partial charge is 0.456 e. The van der Waals surface area contributed by atoms with Crippen LogP contribution in [-0.4, -0.2) is 24.1 Å². The summed E-state index contributed by atoms with van der Waals surface area (Å²) < 4.78 is 11.1. The predicted molar refractivity (Wildman–Crippen MR) is 258 cm³/mol. The first kappa shape index (κ1) is 35.2. The molecular formula is C57H35N5O. The van der Waals surface area contributed by atoms with Crippen molar-refractivity contribution >= 4 is 65.6 Å². The number of furan rings is 1. The van der Waals surface area contributed by atoms with E-state index < -0.39 is 0 Å². The van der Waals surface area contributed by atoms with Crippen LogP contribution in [0, 0.1) is 0 Å². The maximum Gasteiger partial charge on any atom is 0.238 e. The van der Waals surface area contributed by atoms with Crippen LogP contribution in [0.5, 0.6) is 0 Å². The fourth-order valence-electron chi connectivity index (χ4n) is 9.63. The second-order valence-electron chi connectivity index (χ2n) is 16.0. The zero-order chi connectivity index (χ0) is 41.4. The maximum atomic E-state index is 6.37. The van der Waals surface area contributed by atoms with Gasteiger partial charge in [0, 0.05) is 49.0 Å². The Morgan fingerprint density at radius 3 is 1.73 bits per heavy atom. The molecule has 9 aromatic carbocycles. The van der Waals surface area contributed by atoms with Crippen molar-refractivity contribution in [1.82, 2.24) is 24.1 Å². The van der Waals surface area contributed by atoms with Crippen LogP contribution in [0.25, 0.3) is 122 Å². The van der Waals surface area contributed by atoms with E-state index in [-0.39, 0.29) is 0 Å². The number of nitrogens with zero attached hydrogens (tertiary/aromatic N) is 5. The van der Waals surface area contributed by atoms with E-state index in [9.17, 15) is 0 Å². The van der Waals surface area contributed by atoms with Crippen LogP contribution in [0.3, 0.4) is 0 Å². The molecule has 0 saturated heterocycles. The lowest BCUT2D eigenvalue weighted by molar-refractivity contribution is 0.669. The smallest absolute Gasteiger partial charge is 0.238 e. The van der Waals surface area contributed by atoms with Crippen LogP contribution >= 0.6 is 0 Å². The van der Waals surface area contributed by atoms with E-state index in [0.717, 1.165) is 99.1 Å². The molecule has 0 saturated carbocycles. The van der Waals surface area contributed by atoms with E-state index in [1.807, 2.05) is 48.5 Å². The standard InChI is InChI=1S/C57H35N5O/c1-4-17-36(18-5-1)39-31-32-40(37-19-6-2-7-20-37)49(35-39)61-47-28-14-11-24-43(47)53-48(61)34-33-42-41-23-10-13-27-46(41)62(54(42)53)57-59-55(38-21-8-3-9-22-38)58-56(60-57)45-26-16-30-51-52(45)44-25-12-15-29-50(44)63-51/h1-35H. The lowest BCUT2D eigenvalue weighted by atomic mass is 9.98. The Morgan fingerprint density at radius 1 is 0.333 bits per heavy atom. The van der Waals surface area contributed by atoms with Gasteiger partial charge in [-0.15, -0.1) is 0 Å². The fraction of sp³-hybridized carbons (Fsp3) is 0. The molecule has 0 fully saturated rings. The second-order valence-corrected chi connectivity index (χ2v) is 16.0. The highest BCUT2D eigenvalue weighted by molar-refractivity contribution is 6.26. The second kappa shape index (κ2) is 14.0. The summed E-state index contributed by atoms with van der Waals surface area (Å²) in [7, 11) is 0. The Morgan fingerprint density at radius 2 is 0.952 bits per heavy atom. The summed E-state index contributed by atoms with van der Waals surface area (Å²) >= 11 is 0. The van der Waals surface area contributed by atoms with Gasteiger partial charge in [-0.3, -0.25) is 4.57 Å². The van der Waals surface area contributed by atoms with Crippen LogP contribution in [-0.2, 0) is 0 Å². The quantitative estimate of drug-likeness (QED) is 0.168. The molecule has 13 rings (SSSR count).